The second kappa shape index (κ2) is 6.15. The molecule has 3 rings (SSSR count). The summed E-state index contributed by atoms with van der Waals surface area (Å²) in [6.07, 6.45) is 7.90. The van der Waals surface area contributed by atoms with E-state index in [-0.39, 0.29) is 0 Å². The van der Waals surface area contributed by atoms with Crippen LogP contribution in [0.1, 0.15) is 38.3 Å². The number of hydrogen-bond donors (Lipinski definition) is 1. The van der Waals surface area contributed by atoms with Gasteiger partial charge in [-0.3, -0.25) is 4.68 Å². The van der Waals surface area contributed by atoms with E-state index >= 15 is 0 Å². The Hall–Kier alpha value is -1.40. The minimum Gasteiger partial charge on any atom is -0.435 e. The van der Waals surface area contributed by atoms with E-state index in [9.17, 15) is 0 Å². The van der Waals surface area contributed by atoms with Crippen molar-refractivity contribution in [1.82, 2.24) is 20.1 Å². The fourth-order valence-electron chi connectivity index (χ4n) is 2.00. The summed E-state index contributed by atoms with van der Waals surface area (Å²) in [6.45, 7) is 4.93. The molecule has 0 saturated heterocycles. The second-order valence-electron chi connectivity index (χ2n) is 5.62. The highest BCUT2D eigenvalue weighted by Gasteiger charge is 2.21. The first-order chi connectivity index (χ1) is 10.1. The van der Waals surface area contributed by atoms with Gasteiger partial charge in [0.15, 0.2) is 5.75 Å². The van der Waals surface area contributed by atoms with Crippen molar-refractivity contribution < 1.29 is 4.74 Å². The normalized spacial score (nSPS) is 14.7. The van der Waals surface area contributed by atoms with Gasteiger partial charge in [-0.25, -0.2) is 4.98 Å². The molecule has 1 saturated carbocycles. The average Bonchev–Trinajstić information content (AvgIpc) is 3.16. The summed E-state index contributed by atoms with van der Waals surface area (Å²) in [7, 11) is 0. The van der Waals surface area contributed by atoms with E-state index in [0.717, 1.165) is 16.6 Å². The molecule has 0 atom stereocenters. The third-order valence-electron chi connectivity index (χ3n) is 3.37. The number of rotatable bonds is 6. The first-order valence-electron chi connectivity index (χ1n) is 7.21. The molecule has 0 bridgehead atoms. The van der Waals surface area contributed by atoms with E-state index in [0.29, 0.717) is 23.7 Å². The zero-order chi connectivity index (χ0) is 14.8. The number of hydrogen-bond acceptors (Lipinski definition) is 4. The SMILES string of the molecule is CC(C)n1cc(Oc2ncc(Br)cc2CNC2CC2)cn1. The standard InChI is InChI=1S/C15H19BrN4O/c1-10(2)20-9-14(8-19-20)21-15-11(5-12(16)7-18-15)6-17-13-3-4-13/h5,7-10,13,17H,3-4,6H2,1-2H3. The van der Waals surface area contributed by atoms with Gasteiger partial charge in [-0.1, -0.05) is 0 Å². The van der Waals surface area contributed by atoms with Gasteiger partial charge in [0.1, 0.15) is 0 Å². The maximum Gasteiger partial charge on any atom is 0.223 e. The Morgan fingerprint density at radius 3 is 2.90 bits per heavy atom. The molecule has 1 aliphatic rings. The summed E-state index contributed by atoms with van der Waals surface area (Å²) in [5.74, 6) is 1.35. The van der Waals surface area contributed by atoms with Gasteiger partial charge in [-0.2, -0.15) is 5.10 Å². The molecule has 0 aromatic carbocycles. The van der Waals surface area contributed by atoms with Crippen LogP contribution in [0.3, 0.4) is 0 Å². The summed E-state index contributed by atoms with van der Waals surface area (Å²) >= 11 is 3.47. The molecule has 0 aliphatic heterocycles. The van der Waals surface area contributed by atoms with Crippen LogP contribution >= 0.6 is 15.9 Å². The Morgan fingerprint density at radius 1 is 1.43 bits per heavy atom. The van der Waals surface area contributed by atoms with Crippen molar-refractivity contribution in [2.75, 3.05) is 0 Å². The van der Waals surface area contributed by atoms with Gasteiger partial charge in [-0.15, -0.1) is 0 Å². The summed E-state index contributed by atoms with van der Waals surface area (Å²) in [5.41, 5.74) is 1.05. The number of nitrogens with zero attached hydrogens (tertiary/aromatic N) is 3. The van der Waals surface area contributed by atoms with Crippen molar-refractivity contribution in [2.24, 2.45) is 0 Å². The lowest BCUT2D eigenvalue weighted by Gasteiger charge is -2.10. The Labute approximate surface area is 132 Å². The van der Waals surface area contributed by atoms with Crippen LogP contribution < -0.4 is 10.1 Å². The lowest BCUT2D eigenvalue weighted by molar-refractivity contribution is 0.449. The third kappa shape index (κ3) is 3.83. The van der Waals surface area contributed by atoms with Gasteiger partial charge in [-0.05, 0) is 48.7 Å². The first-order valence-corrected chi connectivity index (χ1v) is 8.01. The van der Waals surface area contributed by atoms with Crippen LogP contribution in [0, 0.1) is 0 Å². The summed E-state index contributed by atoms with van der Waals surface area (Å²) < 4.78 is 8.72. The second-order valence-corrected chi connectivity index (χ2v) is 6.54. The van der Waals surface area contributed by atoms with Crippen molar-refractivity contribution >= 4 is 15.9 Å². The maximum absolute atomic E-state index is 5.89. The smallest absolute Gasteiger partial charge is 0.223 e. The van der Waals surface area contributed by atoms with Crippen molar-refractivity contribution in [3.8, 4) is 11.6 Å². The number of halogens is 1. The molecule has 2 aromatic heterocycles. The zero-order valence-corrected chi connectivity index (χ0v) is 13.8. The highest BCUT2D eigenvalue weighted by molar-refractivity contribution is 9.10. The number of nitrogens with one attached hydrogen (secondary N) is 1. The van der Waals surface area contributed by atoms with Crippen LogP contribution in [0.2, 0.25) is 0 Å². The molecule has 2 aromatic rings. The summed E-state index contributed by atoms with van der Waals surface area (Å²) in [4.78, 5) is 4.38. The van der Waals surface area contributed by atoms with E-state index in [1.807, 2.05) is 16.9 Å². The molecule has 112 valence electrons. The van der Waals surface area contributed by atoms with Crippen LogP contribution in [0.15, 0.2) is 29.1 Å². The van der Waals surface area contributed by atoms with Gasteiger partial charge in [0, 0.05) is 34.9 Å². The monoisotopic (exact) mass is 350 g/mol. The zero-order valence-electron chi connectivity index (χ0n) is 12.2. The fourth-order valence-corrected chi connectivity index (χ4v) is 2.37. The van der Waals surface area contributed by atoms with E-state index in [1.165, 1.54) is 12.8 Å². The van der Waals surface area contributed by atoms with Crippen molar-refractivity contribution in [2.45, 2.75) is 45.3 Å². The van der Waals surface area contributed by atoms with E-state index in [2.05, 4.69) is 45.2 Å². The number of ether oxygens (including phenoxy) is 1. The lowest BCUT2D eigenvalue weighted by Crippen LogP contribution is -2.16. The van der Waals surface area contributed by atoms with E-state index < -0.39 is 0 Å². The third-order valence-corrected chi connectivity index (χ3v) is 3.81. The molecule has 1 aliphatic carbocycles. The molecule has 1 N–H and O–H groups in total. The quantitative estimate of drug-likeness (QED) is 0.863. The lowest BCUT2D eigenvalue weighted by atomic mass is 10.2. The van der Waals surface area contributed by atoms with Gasteiger partial charge in [0.2, 0.25) is 5.88 Å². The van der Waals surface area contributed by atoms with Crippen LogP contribution in [0.4, 0.5) is 0 Å². The molecule has 21 heavy (non-hydrogen) atoms. The minimum atomic E-state index is 0.316. The van der Waals surface area contributed by atoms with Crippen LogP contribution in [0.25, 0.3) is 0 Å². The molecule has 2 heterocycles. The summed E-state index contributed by atoms with van der Waals surface area (Å²) in [5, 5.41) is 7.77. The molecule has 5 nitrogen and oxygen atoms in total. The molecule has 0 unspecified atom stereocenters. The van der Waals surface area contributed by atoms with Gasteiger partial charge < -0.3 is 10.1 Å². The fraction of sp³-hybridized carbons (Fsp3) is 0.467. The van der Waals surface area contributed by atoms with Crippen molar-refractivity contribution in [1.29, 1.82) is 0 Å². The first kappa shape index (κ1) is 14.5. The molecule has 0 spiro atoms. The maximum atomic E-state index is 5.89. The van der Waals surface area contributed by atoms with Gasteiger partial charge >= 0.3 is 0 Å². The van der Waals surface area contributed by atoms with Crippen molar-refractivity contribution in [3.05, 3.63) is 34.7 Å². The predicted molar refractivity (Wildman–Crippen MR) is 84.5 cm³/mol. The molecule has 0 amide bonds. The Balaban J connectivity index is 1.75. The van der Waals surface area contributed by atoms with E-state index in [4.69, 9.17) is 4.74 Å². The van der Waals surface area contributed by atoms with E-state index in [1.54, 1.807) is 12.4 Å². The van der Waals surface area contributed by atoms with Crippen LogP contribution in [-0.4, -0.2) is 20.8 Å². The van der Waals surface area contributed by atoms with Gasteiger partial charge in [0.25, 0.3) is 0 Å². The molecule has 1 fully saturated rings. The Bertz CT molecular complexity index is 622. The average molecular weight is 351 g/mol. The molecular formula is C15H19BrN4O. The molecular weight excluding hydrogens is 332 g/mol. The largest absolute Gasteiger partial charge is 0.435 e. The highest BCUT2D eigenvalue weighted by Crippen LogP contribution is 2.27. The van der Waals surface area contributed by atoms with Crippen LogP contribution in [-0.2, 0) is 6.54 Å². The van der Waals surface area contributed by atoms with Crippen molar-refractivity contribution in [3.63, 3.8) is 0 Å². The highest BCUT2D eigenvalue weighted by atomic mass is 79.9. The number of aromatic nitrogens is 3. The minimum absolute atomic E-state index is 0.316. The molecule has 0 radical (unpaired) electrons. The predicted octanol–water partition coefficient (Wildman–Crippen LogP) is 3.67. The van der Waals surface area contributed by atoms with Gasteiger partial charge in [0.05, 0.1) is 12.4 Å². The Kier molecular flexibility index (Phi) is 4.26. The molecule has 6 heteroatoms. The Morgan fingerprint density at radius 2 is 2.24 bits per heavy atom. The summed E-state index contributed by atoms with van der Waals surface area (Å²) in [6, 6.07) is 3.02. The topological polar surface area (TPSA) is 52.0 Å². The number of pyridine rings is 1. The van der Waals surface area contributed by atoms with Crippen LogP contribution in [0.5, 0.6) is 11.6 Å².